The van der Waals surface area contributed by atoms with Gasteiger partial charge in [0.05, 0.1) is 0 Å². The standard InChI is InChI=1S/C9H21N3O/c1-6-8(7(2)10-3)11-9(13)12(4)5/h7-8,10H,6H2,1-5H3,(H,11,13)/t7-,8-/m1/s1. The molecule has 0 saturated heterocycles. The van der Waals surface area contributed by atoms with E-state index in [9.17, 15) is 4.79 Å². The first-order valence-corrected chi connectivity index (χ1v) is 4.68. The van der Waals surface area contributed by atoms with Crippen LogP contribution in [0.1, 0.15) is 20.3 Å². The van der Waals surface area contributed by atoms with Crippen molar-refractivity contribution >= 4 is 6.03 Å². The Kier molecular flexibility index (Phi) is 5.46. The van der Waals surface area contributed by atoms with Gasteiger partial charge in [0.15, 0.2) is 0 Å². The van der Waals surface area contributed by atoms with Crippen LogP contribution in [0.5, 0.6) is 0 Å². The monoisotopic (exact) mass is 187 g/mol. The lowest BCUT2D eigenvalue weighted by Gasteiger charge is -2.25. The van der Waals surface area contributed by atoms with Crippen molar-refractivity contribution in [2.45, 2.75) is 32.4 Å². The largest absolute Gasteiger partial charge is 0.334 e. The van der Waals surface area contributed by atoms with Crippen molar-refractivity contribution in [1.82, 2.24) is 15.5 Å². The second kappa shape index (κ2) is 5.80. The molecule has 0 fully saturated rings. The molecule has 0 radical (unpaired) electrons. The number of urea groups is 1. The van der Waals surface area contributed by atoms with Gasteiger partial charge < -0.3 is 15.5 Å². The third-order valence-electron chi connectivity index (χ3n) is 2.21. The molecule has 2 amide bonds. The fourth-order valence-electron chi connectivity index (χ4n) is 1.07. The number of rotatable bonds is 4. The van der Waals surface area contributed by atoms with Crippen LogP contribution < -0.4 is 10.6 Å². The number of carbonyl (C=O) groups excluding carboxylic acids is 1. The number of hydrogen-bond donors (Lipinski definition) is 2. The first-order chi connectivity index (χ1) is 6.02. The van der Waals surface area contributed by atoms with E-state index in [0.29, 0.717) is 6.04 Å². The minimum Gasteiger partial charge on any atom is -0.334 e. The van der Waals surface area contributed by atoms with E-state index >= 15 is 0 Å². The Morgan fingerprint density at radius 3 is 2.31 bits per heavy atom. The lowest BCUT2D eigenvalue weighted by molar-refractivity contribution is 0.209. The summed E-state index contributed by atoms with van der Waals surface area (Å²) in [6, 6.07) is 0.461. The van der Waals surface area contributed by atoms with Crippen molar-refractivity contribution in [2.75, 3.05) is 21.1 Å². The van der Waals surface area contributed by atoms with E-state index in [1.165, 1.54) is 0 Å². The number of nitrogens with one attached hydrogen (secondary N) is 2. The molecule has 0 aromatic heterocycles. The first-order valence-electron chi connectivity index (χ1n) is 4.68. The predicted octanol–water partition coefficient (Wildman–Crippen LogP) is 0.644. The Bertz CT molecular complexity index is 159. The van der Waals surface area contributed by atoms with Gasteiger partial charge in [-0.15, -0.1) is 0 Å². The number of likely N-dealkylation sites (N-methyl/N-ethyl adjacent to an activating group) is 1. The van der Waals surface area contributed by atoms with Crippen LogP contribution in [0.2, 0.25) is 0 Å². The molecule has 0 aliphatic carbocycles. The van der Waals surface area contributed by atoms with Crippen LogP contribution in [0, 0.1) is 0 Å². The summed E-state index contributed by atoms with van der Waals surface area (Å²) in [6.45, 7) is 4.12. The van der Waals surface area contributed by atoms with Crippen LogP contribution in [-0.2, 0) is 0 Å². The molecule has 0 rings (SSSR count). The molecular formula is C9H21N3O. The van der Waals surface area contributed by atoms with Gasteiger partial charge in [-0.1, -0.05) is 6.92 Å². The lowest BCUT2D eigenvalue weighted by atomic mass is 10.1. The SMILES string of the molecule is CC[C@@H](NC(=O)N(C)C)[C@@H](C)NC. The van der Waals surface area contributed by atoms with Gasteiger partial charge in [-0.05, 0) is 20.4 Å². The van der Waals surface area contributed by atoms with Gasteiger partial charge in [0, 0.05) is 26.2 Å². The van der Waals surface area contributed by atoms with E-state index in [2.05, 4.69) is 24.5 Å². The minimum absolute atomic E-state index is 0.0334. The summed E-state index contributed by atoms with van der Waals surface area (Å²) >= 11 is 0. The highest BCUT2D eigenvalue weighted by Crippen LogP contribution is 1.98. The maximum Gasteiger partial charge on any atom is 0.317 e. The molecule has 0 aliphatic heterocycles. The molecule has 13 heavy (non-hydrogen) atoms. The predicted molar refractivity (Wildman–Crippen MR) is 54.8 cm³/mol. The third-order valence-corrected chi connectivity index (χ3v) is 2.21. The first kappa shape index (κ1) is 12.2. The summed E-state index contributed by atoms with van der Waals surface area (Å²) in [5.41, 5.74) is 0. The summed E-state index contributed by atoms with van der Waals surface area (Å²) in [4.78, 5) is 12.9. The molecule has 0 bridgehead atoms. The van der Waals surface area contributed by atoms with Gasteiger partial charge in [0.1, 0.15) is 0 Å². The quantitative estimate of drug-likeness (QED) is 0.678. The van der Waals surface area contributed by atoms with Crippen LogP contribution in [0.3, 0.4) is 0 Å². The molecule has 78 valence electrons. The third kappa shape index (κ3) is 4.12. The van der Waals surface area contributed by atoms with Gasteiger partial charge in [0.2, 0.25) is 0 Å². The molecule has 2 atom stereocenters. The Morgan fingerprint density at radius 2 is 2.00 bits per heavy atom. The Hall–Kier alpha value is -0.770. The van der Waals surface area contributed by atoms with Crippen molar-refractivity contribution in [3.8, 4) is 0 Å². The van der Waals surface area contributed by atoms with Gasteiger partial charge in [-0.2, -0.15) is 0 Å². The molecule has 0 heterocycles. The second-order valence-electron chi connectivity index (χ2n) is 3.44. The molecular weight excluding hydrogens is 166 g/mol. The minimum atomic E-state index is -0.0334. The van der Waals surface area contributed by atoms with Crippen molar-refractivity contribution in [3.63, 3.8) is 0 Å². The van der Waals surface area contributed by atoms with Crippen LogP contribution in [0.15, 0.2) is 0 Å². The topological polar surface area (TPSA) is 44.4 Å². The van der Waals surface area contributed by atoms with Crippen LogP contribution in [-0.4, -0.2) is 44.2 Å². The van der Waals surface area contributed by atoms with E-state index in [1.54, 1.807) is 19.0 Å². The van der Waals surface area contributed by atoms with Gasteiger partial charge in [-0.25, -0.2) is 4.79 Å². The molecule has 0 aromatic carbocycles. The Labute approximate surface area is 80.7 Å². The average Bonchev–Trinajstić information content (AvgIpc) is 2.12. The van der Waals surface area contributed by atoms with E-state index in [-0.39, 0.29) is 12.1 Å². The van der Waals surface area contributed by atoms with Gasteiger partial charge >= 0.3 is 6.03 Å². The van der Waals surface area contributed by atoms with Crippen molar-refractivity contribution in [3.05, 3.63) is 0 Å². The van der Waals surface area contributed by atoms with Crippen LogP contribution in [0.25, 0.3) is 0 Å². The van der Waals surface area contributed by atoms with Crippen molar-refractivity contribution in [2.24, 2.45) is 0 Å². The highest BCUT2D eigenvalue weighted by atomic mass is 16.2. The average molecular weight is 187 g/mol. The zero-order chi connectivity index (χ0) is 10.4. The summed E-state index contributed by atoms with van der Waals surface area (Å²) in [5.74, 6) is 0. The molecule has 0 spiro atoms. The fraction of sp³-hybridized carbons (Fsp3) is 0.889. The number of amides is 2. The number of carbonyl (C=O) groups is 1. The van der Waals surface area contributed by atoms with E-state index in [1.807, 2.05) is 7.05 Å². The summed E-state index contributed by atoms with van der Waals surface area (Å²) in [7, 11) is 5.38. The van der Waals surface area contributed by atoms with Crippen LogP contribution >= 0.6 is 0 Å². The summed E-state index contributed by atoms with van der Waals surface area (Å²) < 4.78 is 0. The van der Waals surface area contributed by atoms with Crippen LogP contribution in [0.4, 0.5) is 4.79 Å². The summed E-state index contributed by atoms with van der Waals surface area (Å²) in [5, 5.41) is 6.07. The van der Waals surface area contributed by atoms with E-state index in [0.717, 1.165) is 6.42 Å². The molecule has 2 N–H and O–H groups in total. The van der Waals surface area contributed by atoms with E-state index < -0.39 is 0 Å². The fourth-order valence-corrected chi connectivity index (χ4v) is 1.07. The second-order valence-corrected chi connectivity index (χ2v) is 3.44. The lowest BCUT2D eigenvalue weighted by Crippen LogP contribution is -2.49. The maximum absolute atomic E-state index is 11.3. The number of nitrogens with zero attached hydrogens (tertiary/aromatic N) is 1. The molecule has 4 heteroatoms. The zero-order valence-electron chi connectivity index (χ0n) is 9.22. The number of hydrogen-bond acceptors (Lipinski definition) is 2. The van der Waals surface area contributed by atoms with Gasteiger partial charge in [0.25, 0.3) is 0 Å². The molecule has 0 saturated carbocycles. The molecule has 0 aliphatic rings. The molecule has 0 unspecified atom stereocenters. The molecule has 0 aromatic rings. The Morgan fingerprint density at radius 1 is 1.46 bits per heavy atom. The highest BCUT2D eigenvalue weighted by Gasteiger charge is 2.16. The zero-order valence-corrected chi connectivity index (χ0v) is 9.22. The van der Waals surface area contributed by atoms with Crippen molar-refractivity contribution < 1.29 is 4.79 Å². The summed E-state index contributed by atoms with van der Waals surface area (Å²) in [6.07, 6.45) is 0.932. The van der Waals surface area contributed by atoms with Gasteiger partial charge in [-0.3, -0.25) is 0 Å². The smallest absolute Gasteiger partial charge is 0.317 e. The Balaban J connectivity index is 4.05. The van der Waals surface area contributed by atoms with Crippen molar-refractivity contribution in [1.29, 1.82) is 0 Å². The highest BCUT2D eigenvalue weighted by molar-refractivity contribution is 5.73. The van der Waals surface area contributed by atoms with E-state index in [4.69, 9.17) is 0 Å². The maximum atomic E-state index is 11.3. The molecule has 4 nitrogen and oxygen atoms in total. The normalized spacial score (nSPS) is 14.8.